The summed E-state index contributed by atoms with van der Waals surface area (Å²) in [7, 11) is 0. The number of para-hydroxylation sites is 1. The highest BCUT2D eigenvalue weighted by Crippen LogP contribution is 2.31. The average molecular weight is 352 g/mol. The summed E-state index contributed by atoms with van der Waals surface area (Å²) < 4.78 is 0.903. The third-order valence-corrected chi connectivity index (χ3v) is 6.07. The highest BCUT2D eigenvalue weighted by atomic mass is 16.2. The first-order chi connectivity index (χ1) is 12.5. The molecule has 2 aromatic rings. The molecule has 0 atom stereocenters. The lowest BCUT2D eigenvalue weighted by atomic mass is 9.88. The fraction of sp³-hybridized carbons (Fsp3) is 0.435. The van der Waals surface area contributed by atoms with Crippen molar-refractivity contribution in [3.8, 4) is 0 Å². The average Bonchev–Trinajstić information content (AvgIpc) is 2.66. The van der Waals surface area contributed by atoms with E-state index in [4.69, 9.17) is 0 Å². The van der Waals surface area contributed by atoms with Crippen LogP contribution >= 0.6 is 0 Å². The summed E-state index contributed by atoms with van der Waals surface area (Å²) in [5.74, 6) is 0.776. The van der Waals surface area contributed by atoms with Gasteiger partial charge in [-0.15, -0.1) is 0 Å². The number of aryl methyl sites for hydroxylation is 2. The van der Waals surface area contributed by atoms with Crippen LogP contribution in [-0.4, -0.2) is 36.6 Å². The molecule has 1 fully saturated rings. The quantitative estimate of drug-likeness (QED) is 0.780. The van der Waals surface area contributed by atoms with Gasteiger partial charge in [-0.2, -0.15) is 0 Å². The molecule has 0 aromatic heterocycles. The number of hydrogen-bond donors (Lipinski definition) is 1. The smallest absolute Gasteiger partial charge is 0.279 e. The van der Waals surface area contributed by atoms with Crippen LogP contribution in [0.1, 0.15) is 42.4 Å². The molecule has 0 spiro atoms. The summed E-state index contributed by atoms with van der Waals surface area (Å²) >= 11 is 0. The Kier molecular flexibility index (Phi) is 5.77. The predicted molar refractivity (Wildman–Crippen MR) is 108 cm³/mol. The number of amides is 1. The van der Waals surface area contributed by atoms with Crippen molar-refractivity contribution in [1.29, 1.82) is 0 Å². The van der Waals surface area contributed by atoms with Gasteiger partial charge < -0.3 is 9.80 Å². The van der Waals surface area contributed by atoms with Crippen molar-refractivity contribution >= 4 is 11.6 Å². The number of benzene rings is 2. The van der Waals surface area contributed by atoms with Gasteiger partial charge >= 0.3 is 0 Å². The zero-order valence-corrected chi connectivity index (χ0v) is 16.3. The lowest BCUT2D eigenvalue weighted by Crippen LogP contribution is -2.56. The number of piperidine rings is 1. The minimum Gasteiger partial charge on any atom is -0.321 e. The Balaban J connectivity index is 1.63. The molecular formula is C23H31N2O+. The third kappa shape index (κ3) is 4.16. The lowest BCUT2D eigenvalue weighted by Gasteiger charge is -2.42. The predicted octanol–water partition coefficient (Wildman–Crippen LogP) is 4.66. The molecule has 3 heteroatoms. The highest BCUT2D eigenvalue weighted by molar-refractivity contribution is 5.93. The molecular weight excluding hydrogens is 320 g/mol. The van der Waals surface area contributed by atoms with Crippen molar-refractivity contribution < 1.29 is 9.28 Å². The standard InChI is InChI=1S/C23H30N2O/c1-4-25(15-13-21(14-16-25)20-11-6-5-7-12-20)17-22(26)24-23-18(2)9-8-10-19(23)3/h5-12,21H,4,13-17H2,1-3H3/p+1. The molecule has 3 rings (SSSR count). The number of rotatable bonds is 5. The van der Waals surface area contributed by atoms with Crippen LogP contribution in [-0.2, 0) is 4.79 Å². The molecule has 1 aliphatic heterocycles. The Labute approximate surface area is 157 Å². The molecule has 2 aromatic carbocycles. The molecule has 0 aliphatic carbocycles. The topological polar surface area (TPSA) is 29.1 Å². The Morgan fingerprint density at radius 3 is 2.19 bits per heavy atom. The molecule has 0 saturated carbocycles. The SMILES string of the molecule is CC[N+]1(CC(=O)Nc2c(C)cccc2C)CCC(c2ccccc2)CC1. The molecule has 0 bridgehead atoms. The largest absolute Gasteiger partial charge is 0.321 e. The van der Waals surface area contributed by atoms with Gasteiger partial charge in [0, 0.05) is 18.5 Å². The number of carbonyl (C=O) groups excluding carboxylic acids is 1. The number of nitrogens with zero attached hydrogens (tertiary/aromatic N) is 1. The van der Waals surface area contributed by atoms with E-state index in [9.17, 15) is 4.79 Å². The van der Waals surface area contributed by atoms with Gasteiger partial charge in [0.15, 0.2) is 6.54 Å². The maximum Gasteiger partial charge on any atom is 0.279 e. The van der Waals surface area contributed by atoms with Crippen molar-refractivity contribution in [2.75, 3.05) is 31.5 Å². The number of nitrogens with one attached hydrogen (secondary N) is 1. The number of likely N-dealkylation sites (N-methyl/N-ethyl adjacent to an activating group) is 1. The number of anilines is 1. The number of likely N-dealkylation sites (tertiary alicyclic amines) is 1. The summed E-state index contributed by atoms with van der Waals surface area (Å²) in [6.07, 6.45) is 2.32. The maximum absolute atomic E-state index is 12.8. The van der Waals surface area contributed by atoms with Crippen molar-refractivity contribution in [2.45, 2.75) is 39.5 Å². The minimum atomic E-state index is 0.141. The minimum absolute atomic E-state index is 0.141. The van der Waals surface area contributed by atoms with Crippen LogP contribution < -0.4 is 5.32 Å². The first kappa shape index (κ1) is 18.7. The van der Waals surface area contributed by atoms with Crippen LogP contribution in [0.15, 0.2) is 48.5 Å². The molecule has 1 amide bonds. The first-order valence-electron chi connectivity index (χ1n) is 9.79. The van der Waals surface area contributed by atoms with E-state index >= 15 is 0 Å². The Morgan fingerprint density at radius 1 is 1.00 bits per heavy atom. The second-order valence-corrected chi connectivity index (χ2v) is 7.76. The normalized spacial score (nSPS) is 22.8. The zero-order valence-electron chi connectivity index (χ0n) is 16.3. The fourth-order valence-electron chi connectivity index (χ4n) is 4.26. The van der Waals surface area contributed by atoms with E-state index in [-0.39, 0.29) is 5.91 Å². The summed E-state index contributed by atoms with van der Waals surface area (Å²) in [6.45, 7) is 10.1. The van der Waals surface area contributed by atoms with Crippen molar-refractivity contribution in [2.24, 2.45) is 0 Å². The Bertz CT molecular complexity index is 726. The van der Waals surface area contributed by atoms with E-state index in [0.29, 0.717) is 12.5 Å². The summed E-state index contributed by atoms with van der Waals surface area (Å²) in [5.41, 5.74) is 4.68. The van der Waals surface area contributed by atoms with Crippen LogP contribution in [0.25, 0.3) is 0 Å². The van der Waals surface area contributed by atoms with E-state index in [1.807, 2.05) is 6.07 Å². The van der Waals surface area contributed by atoms with Gasteiger partial charge in [0.25, 0.3) is 5.91 Å². The molecule has 3 nitrogen and oxygen atoms in total. The molecule has 1 saturated heterocycles. The summed E-state index contributed by atoms with van der Waals surface area (Å²) in [6, 6.07) is 17.0. The van der Waals surface area contributed by atoms with Crippen LogP contribution in [0.5, 0.6) is 0 Å². The highest BCUT2D eigenvalue weighted by Gasteiger charge is 2.35. The molecule has 26 heavy (non-hydrogen) atoms. The molecule has 1 aliphatic rings. The Morgan fingerprint density at radius 2 is 1.62 bits per heavy atom. The van der Waals surface area contributed by atoms with Crippen LogP contribution in [0, 0.1) is 13.8 Å². The van der Waals surface area contributed by atoms with Gasteiger partial charge in [0.2, 0.25) is 0 Å². The third-order valence-electron chi connectivity index (χ3n) is 6.07. The van der Waals surface area contributed by atoms with E-state index in [2.05, 4.69) is 68.6 Å². The number of carbonyl (C=O) groups is 1. The second-order valence-electron chi connectivity index (χ2n) is 7.76. The lowest BCUT2D eigenvalue weighted by molar-refractivity contribution is -0.923. The van der Waals surface area contributed by atoms with E-state index in [0.717, 1.165) is 53.8 Å². The maximum atomic E-state index is 12.8. The van der Waals surface area contributed by atoms with Crippen molar-refractivity contribution in [3.63, 3.8) is 0 Å². The second kappa shape index (κ2) is 8.05. The van der Waals surface area contributed by atoms with Gasteiger partial charge in [-0.3, -0.25) is 4.79 Å². The number of hydrogen-bond acceptors (Lipinski definition) is 1. The van der Waals surface area contributed by atoms with E-state index < -0.39 is 0 Å². The van der Waals surface area contributed by atoms with Gasteiger partial charge in [0.05, 0.1) is 19.6 Å². The fourth-order valence-corrected chi connectivity index (χ4v) is 4.26. The van der Waals surface area contributed by atoms with Gasteiger partial charge in [-0.1, -0.05) is 48.5 Å². The van der Waals surface area contributed by atoms with E-state index in [1.165, 1.54) is 5.56 Å². The zero-order chi connectivity index (χ0) is 18.6. The first-order valence-corrected chi connectivity index (χ1v) is 9.79. The summed E-state index contributed by atoms with van der Waals surface area (Å²) in [4.78, 5) is 12.8. The van der Waals surface area contributed by atoms with E-state index in [1.54, 1.807) is 0 Å². The van der Waals surface area contributed by atoms with Gasteiger partial charge in [-0.25, -0.2) is 0 Å². The van der Waals surface area contributed by atoms with Gasteiger partial charge in [-0.05, 0) is 43.4 Å². The Hall–Kier alpha value is -2.13. The molecule has 138 valence electrons. The molecule has 1 heterocycles. The molecule has 0 radical (unpaired) electrons. The van der Waals surface area contributed by atoms with Crippen molar-refractivity contribution in [1.82, 2.24) is 0 Å². The molecule has 0 unspecified atom stereocenters. The summed E-state index contributed by atoms with van der Waals surface area (Å²) in [5, 5.41) is 3.17. The van der Waals surface area contributed by atoms with Crippen molar-refractivity contribution in [3.05, 3.63) is 65.2 Å². The number of quaternary nitrogens is 1. The van der Waals surface area contributed by atoms with Crippen LogP contribution in [0.4, 0.5) is 5.69 Å². The molecule has 1 N–H and O–H groups in total. The van der Waals surface area contributed by atoms with Crippen LogP contribution in [0.3, 0.4) is 0 Å². The van der Waals surface area contributed by atoms with Gasteiger partial charge in [0.1, 0.15) is 0 Å². The monoisotopic (exact) mass is 351 g/mol. The van der Waals surface area contributed by atoms with Crippen LogP contribution in [0.2, 0.25) is 0 Å².